The number of anilines is 2. The highest BCUT2D eigenvalue weighted by Gasteiger charge is 2.28. The van der Waals surface area contributed by atoms with Crippen LogP contribution in [0.25, 0.3) is 0 Å². The molecule has 0 aliphatic rings. The third-order valence-electron chi connectivity index (χ3n) is 2.90. The largest absolute Gasteiger partial charge is 0.382 e. The van der Waals surface area contributed by atoms with Gasteiger partial charge in [-0.15, -0.1) is 11.3 Å². The summed E-state index contributed by atoms with van der Waals surface area (Å²) in [6.07, 6.45) is 1.72. The Morgan fingerprint density at radius 2 is 2.05 bits per heavy atom. The molecule has 0 saturated heterocycles. The standard InChI is InChI=1S/C13H16N4O2S/c1-13(2,12-15-7-8-20-12)16-10-6-4-5-9(14-3)11(10)17(18)19/h4-8,14,16H,1-3H3. The minimum Gasteiger partial charge on any atom is -0.382 e. The van der Waals surface area contributed by atoms with E-state index in [0.29, 0.717) is 11.4 Å². The smallest absolute Gasteiger partial charge is 0.315 e. The molecule has 2 aromatic rings. The molecule has 0 aliphatic heterocycles. The van der Waals surface area contributed by atoms with E-state index < -0.39 is 5.54 Å². The van der Waals surface area contributed by atoms with Gasteiger partial charge in [0.15, 0.2) is 0 Å². The first kappa shape index (κ1) is 14.3. The molecule has 0 atom stereocenters. The van der Waals surface area contributed by atoms with Crippen molar-refractivity contribution in [2.75, 3.05) is 17.7 Å². The summed E-state index contributed by atoms with van der Waals surface area (Å²) in [4.78, 5) is 15.2. The van der Waals surface area contributed by atoms with E-state index in [0.717, 1.165) is 5.01 Å². The highest BCUT2D eigenvalue weighted by atomic mass is 32.1. The molecular formula is C13H16N4O2S. The van der Waals surface area contributed by atoms with Gasteiger partial charge in [-0.25, -0.2) is 4.98 Å². The Balaban J connectivity index is 2.41. The number of nitro benzene ring substituents is 1. The molecule has 0 spiro atoms. The number of thiazole rings is 1. The molecule has 0 aliphatic carbocycles. The minimum atomic E-state index is -0.481. The van der Waals surface area contributed by atoms with Crippen molar-refractivity contribution in [3.05, 3.63) is 44.9 Å². The van der Waals surface area contributed by atoms with Crippen LogP contribution in [0.4, 0.5) is 17.1 Å². The fraction of sp³-hybridized carbons (Fsp3) is 0.308. The van der Waals surface area contributed by atoms with E-state index in [1.165, 1.54) is 11.3 Å². The Morgan fingerprint density at radius 3 is 2.60 bits per heavy atom. The second kappa shape index (κ2) is 5.46. The van der Waals surface area contributed by atoms with Gasteiger partial charge in [0, 0.05) is 18.6 Å². The zero-order valence-corrected chi connectivity index (χ0v) is 12.3. The van der Waals surface area contributed by atoms with Gasteiger partial charge in [-0.3, -0.25) is 10.1 Å². The third kappa shape index (κ3) is 2.72. The van der Waals surface area contributed by atoms with E-state index in [4.69, 9.17) is 0 Å². The Morgan fingerprint density at radius 1 is 1.35 bits per heavy atom. The second-order valence-corrected chi connectivity index (χ2v) is 5.69. The number of aromatic nitrogens is 1. The first-order chi connectivity index (χ1) is 9.45. The van der Waals surface area contributed by atoms with Crippen LogP contribution in [0.2, 0.25) is 0 Å². The summed E-state index contributed by atoms with van der Waals surface area (Å²) in [6.45, 7) is 3.89. The molecule has 1 heterocycles. The van der Waals surface area contributed by atoms with Crippen LogP contribution in [0.15, 0.2) is 29.8 Å². The molecule has 0 radical (unpaired) electrons. The minimum absolute atomic E-state index is 0.0413. The van der Waals surface area contributed by atoms with Gasteiger partial charge in [-0.1, -0.05) is 6.07 Å². The second-order valence-electron chi connectivity index (χ2n) is 4.80. The van der Waals surface area contributed by atoms with E-state index in [9.17, 15) is 10.1 Å². The van der Waals surface area contributed by atoms with E-state index >= 15 is 0 Å². The quantitative estimate of drug-likeness (QED) is 0.652. The lowest BCUT2D eigenvalue weighted by atomic mass is 10.1. The van der Waals surface area contributed by atoms with Crippen LogP contribution in [0.3, 0.4) is 0 Å². The lowest BCUT2D eigenvalue weighted by Gasteiger charge is -2.25. The molecule has 0 bridgehead atoms. The van der Waals surface area contributed by atoms with Crippen LogP contribution in [0.1, 0.15) is 18.9 Å². The molecule has 0 fully saturated rings. The highest BCUT2D eigenvalue weighted by Crippen LogP contribution is 2.36. The number of nitrogens with one attached hydrogen (secondary N) is 2. The summed E-state index contributed by atoms with van der Waals surface area (Å²) in [7, 11) is 1.66. The number of nitro groups is 1. The van der Waals surface area contributed by atoms with Crippen molar-refractivity contribution in [3.63, 3.8) is 0 Å². The molecule has 1 aromatic carbocycles. The van der Waals surface area contributed by atoms with E-state index in [2.05, 4.69) is 15.6 Å². The maximum atomic E-state index is 11.3. The summed E-state index contributed by atoms with van der Waals surface area (Å²) < 4.78 is 0. The van der Waals surface area contributed by atoms with Crippen molar-refractivity contribution in [3.8, 4) is 0 Å². The van der Waals surface area contributed by atoms with E-state index in [-0.39, 0.29) is 10.6 Å². The van der Waals surface area contributed by atoms with Crippen molar-refractivity contribution >= 4 is 28.4 Å². The Bertz CT molecular complexity index is 611. The van der Waals surface area contributed by atoms with Crippen molar-refractivity contribution < 1.29 is 4.92 Å². The van der Waals surface area contributed by atoms with Gasteiger partial charge in [0.05, 0.1) is 10.5 Å². The number of hydrogen-bond donors (Lipinski definition) is 2. The summed E-state index contributed by atoms with van der Waals surface area (Å²) in [5, 5.41) is 20.1. The fourth-order valence-corrected chi connectivity index (χ4v) is 2.68. The van der Waals surface area contributed by atoms with Gasteiger partial charge in [-0.2, -0.15) is 0 Å². The first-order valence-electron chi connectivity index (χ1n) is 6.09. The molecule has 2 N–H and O–H groups in total. The van der Waals surface area contributed by atoms with Gasteiger partial charge >= 0.3 is 5.69 Å². The third-order valence-corrected chi connectivity index (χ3v) is 4.00. The van der Waals surface area contributed by atoms with Crippen LogP contribution in [-0.2, 0) is 5.54 Å². The predicted molar refractivity (Wildman–Crippen MR) is 81.4 cm³/mol. The van der Waals surface area contributed by atoms with Crippen LogP contribution in [0, 0.1) is 10.1 Å². The number of hydrogen-bond acceptors (Lipinski definition) is 6. The summed E-state index contributed by atoms with van der Waals surface area (Å²) in [6, 6.07) is 5.16. The number of benzene rings is 1. The van der Waals surface area contributed by atoms with Crippen LogP contribution >= 0.6 is 11.3 Å². The zero-order valence-electron chi connectivity index (χ0n) is 11.5. The summed E-state index contributed by atoms with van der Waals surface area (Å²) in [5.74, 6) is 0. The van der Waals surface area contributed by atoms with Crippen molar-refractivity contribution in [2.45, 2.75) is 19.4 Å². The summed E-state index contributed by atoms with van der Waals surface area (Å²) in [5.41, 5.74) is 0.516. The average Bonchev–Trinajstić information content (AvgIpc) is 2.92. The molecular weight excluding hydrogens is 276 g/mol. The van der Waals surface area contributed by atoms with Gasteiger partial charge < -0.3 is 10.6 Å². The molecule has 2 rings (SSSR count). The normalized spacial score (nSPS) is 11.2. The van der Waals surface area contributed by atoms with Gasteiger partial charge in [-0.05, 0) is 26.0 Å². The maximum Gasteiger partial charge on any atom is 0.315 e. The van der Waals surface area contributed by atoms with Crippen LogP contribution in [0.5, 0.6) is 0 Å². The lowest BCUT2D eigenvalue weighted by molar-refractivity contribution is -0.383. The predicted octanol–water partition coefficient (Wildman–Crippen LogP) is 3.44. The molecule has 20 heavy (non-hydrogen) atoms. The molecule has 1 aromatic heterocycles. The molecule has 106 valence electrons. The molecule has 7 heteroatoms. The number of rotatable bonds is 5. The SMILES string of the molecule is CNc1cccc(NC(C)(C)c2nccs2)c1[N+](=O)[O-]. The molecule has 0 unspecified atom stereocenters. The van der Waals surface area contributed by atoms with Crippen LogP contribution in [-0.4, -0.2) is 17.0 Å². The van der Waals surface area contributed by atoms with Crippen molar-refractivity contribution in [1.82, 2.24) is 4.98 Å². The molecule has 0 saturated carbocycles. The average molecular weight is 292 g/mol. The monoisotopic (exact) mass is 292 g/mol. The Kier molecular flexibility index (Phi) is 3.89. The maximum absolute atomic E-state index is 11.3. The van der Waals surface area contributed by atoms with Crippen LogP contribution < -0.4 is 10.6 Å². The zero-order chi connectivity index (χ0) is 14.8. The highest BCUT2D eigenvalue weighted by molar-refractivity contribution is 7.09. The van der Waals surface area contributed by atoms with Crippen molar-refractivity contribution in [2.24, 2.45) is 0 Å². The number of para-hydroxylation sites is 1. The van der Waals surface area contributed by atoms with Gasteiger partial charge in [0.1, 0.15) is 16.4 Å². The fourth-order valence-electron chi connectivity index (χ4n) is 1.97. The number of nitrogens with zero attached hydrogens (tertiary/aromatic N) is 2. The molecule has 0 amide bonds. The topological polar surface area (TPSA) is 80.1 Å². The van der Waals surface area contributed by atoms with Crippen molar-refractivity contribution in [1.29, 1.82) is 0 Å². The first-order valence-corrected chi connectivity index (χ1v) is 6.97. The lowest BCUT2D eigenvalue weighted by Crippen LogP contribution is -2.28. The Labute approximate surface area is 121 Å². The van der Waals surface area contributed by atoms with Gasteiger partial charge in [0.2, 0.25) is 0 Å². The van der Waals surface area contributed by atoms with E-state index in [1.54, 1.807) is 31.4 Å². The molecule has 6 nitrogen and oxygen atoms in total. The van der Waals surface area contributed by atoms with Gasteiger partial charge in [0.25, 0.3) is 0 Å². The summed E-state index contributed by atoms with van der Waals surface area (Å²) >= 11 is 1.51. The Hall–Kier alpha value is -2.15. The van der Waals surface area contributed by atoms with E-state index in [1.807, 2.05) is 19.2 Å².